The first-order valence-corrected chi connectivity index (χ1v) is 7.82. The third-order valence-electron chi connectivity index (χ3n) is 1.85. The fourth-order valence-corrected chi connectivity index (χ4v) is 3.96. The van der Waals surface area contributed by atoms with Crippen molar-refractivity contribution in [1.82, 2.24) is 0 Å². The first-order chi connectivity index (χ1) is 7.28. The number of aliphatic imine (C=N–C) groups is 1. The zero-order chi connectivity index (χ0) is 11.3. The van der Waals surface area contributed by atoms with Gasteiger partial charge in [0.25, 0.3) is 0 Å². The molecule has 0 bridgehead atoms. The zero-order valence-corrected chi connectivity index (χ0v) is 11.2. The van der Waals surface area contributed by atoms with Crippen LogP contribution in [0.1, 0.15) is 0 Å². The predicted octanol–water partition coefficient (Wildman–Crippen LogP) is 3.82. The lowest BCUT2D eigenvalue weighted by Crippen LogP contribution is -1.83. The molecule has 0 aliphatic heterocycles. The summed E-state index contributed by atoms with van der Waals surface area (Å²) in [6.45, 7) is 0. The van der Waals surface area contributed by atoms with Crippen LogP contribution in [0.25, 0.3) is 0 Å². The molecule has 0 spiro atoms. The van der Waals surface area contributed by atoms with E-state index >= 15 is 0 Å². The molecule has 1 aromatic carbocycles. The molecule has 0 aliphatic carbocycles. The molecule has 0 aromatic heterocycles. The number of carbonyl (C=O) groups excluding carboxylic acids is 1. The van der Waals surface area contributed by atoms with Gasteiger partial charge in [-0.15, -0.1) is 35.3 Å². The van der Waals surface area contributed by atoms with E-state index in [1.165, 1.54) is 9.79 Å². The molecular weight excluding hydrogens is 246 g/mol. The van der Waals surface area contributed by atoms with Gasteiger partial charge in [-0.05, 0) is 30.9 Å². The minimum Gasteiger partial charge on any atom is -0.211 e. The van der Waals surface area contributed by atoms with E-state index in [2.05, 4.69) is 4.99 Å². The molecule has 0 aliphatic rings. The molecule has 0 unspecified atom stereocenters. The van der Waals surface area contributed by atoms with Crippen molar-refractivity contribution in [2.75, 3.05) is 18.8 Å². The highest BCUT2D eigenvalue weighted by atomic mass is 32.2. The van der Waals surface area contributed by atoms with Crippen LogP contribution in [0.15, 0.2) is 31.8 Å². The van der Waals surface area contributed by atoms with Crippen molar-refractivity contribution < 1.29 is 4.79 Å². The van der Waals surface area contributed by atoms with Crippen LogP contribution in [0, 0.1) is 0 Å². The summed E-state index contributed by atoms with van der Waals surface area (Å²) in [6, 6.07) is 3.86. The average molecular weight is 257 g/mol. The normalized spacial score (nSPS) is 9.80. The van der Waals surface area contributed by atoms with Crippen LogP contribution in [-0.2, 0) is 4.79 Å². The van der Waals surface area contributed by atoms with E-state index < -0.39 is 0 Å². The number of rotatable bonds is 4. The summed E-state index contributed by atoms with van der Waals surface area (Å²) in [6.07, 6.45) is 7.66. The van der Waals surface area contributed by atoms with Gasteiger partial charge in [-0.25, -0.2) is 4.79 Å². The minimum absolute atomic E-state index is 0.708. The highest BCUT2D eigenvalue weighted by molar-refractivity contribution is 8.03. The Morgan fingerprint density at radius 3 is 2.20 bits per heavy atom. The second kappa shape index (κ2) is 6.28. The minimum atomic E-state index is 0.708. The summed E-state index contributed by atoms with van der Waals surface area (Å²) < 4.78 is 0. The molecule has 0 atom stereocenters. The molecular formula is C10H11NOS3. The van der Waals surface area contributed by atoms with Crippen molar-refractivity contribution in [3.63, 3.8) is 0 Å². The standard InChI is InChI=1S/C10H11NOS3/c1-13-8-5-4-7(11-6-12)9(14-2)10(8)15-3/h4-5H,1-3H3. The van der Waals surface area contributed by atoms with E-state index in [4.69, 9.17) is 0 Å². The van der Waals surface area contributed by atoms with Gasteiger partial charge < -0.3 is 0 Å². The molecule has 0 N–H and O–H groups in total. The van der Waals surface area contributed by atoms with Crippen molar-refractivity contribution >= 4 is 47.1 Å². The summed E-state index contributed by atoms with van der Waals surface area (Å²) >= 11 is 4.99. The van der Waals surface area contributed by atoms with Gasteiger partial charge >= 0.3 is 0 Å². The highest BCUT2D eigenvalue weighted by Gasteiger charge is 2.11. The number of nitrogens with zero attached hydrogens (tertiary/aromatic N) is 1. The van der Waals surface area contributed by atoms with Gasteiger partial charge in [-0.3, -0.25) is 0 Å². The lowest BCUT2D eigenvalue weighted by atomic mass is 10.3. The zero-order valence-electron chi connectivity index (χ0n) is 8.73. The Balaban J connectivity index is 3.40. The molecule has 0 radical (unpaired) electrons. The van der Waals surface area contributed by atoms with Crippen LogP contribution in [0.5, 0.6) is 0 Å². The average Bonchev–Trinajstić information content (AvgIpc) is 2.28. The Hall–Kier alpha value is -0.350. The molecule has 0 fully saturated rings. The molecule has 1 aromatic rings. The van der Waals surface area contributed by atoms with Crippen molar-refractivity contribution in [2.45, 2.75) is 14.7 Å². The number of benzene rings is 1. The summed E-state index contributed by atoms with van der Waals surface area (Å²) in [5.74, 6) is 0. The van der Waals surface area contributed by atoms with Crippen LogP contribution in [-0.4, -0.2) is 24.8 Å². The van der Waals surface area contributed by atoms with Crippen LogP contribution in [0.4, 0.5) is 5.69 Å². The van der Waals surface area contributed by atoms with Crippen LogP contribution >= 0.6 is 35.3 Å². The molecule has 15 heavy (non-hydrogen) atoms. The van der Waals surface area contributed by atoms with Gasteiger partial charge in [0.1, 0.15) is 0 Å². The number of isocyanates is 1. The van der Waals surface area contributed by atoms with E-state index in [0.29, 0.717) is 5.69 Å². The predicted molar refractivity (Wildman–Crippen MR) is 69.6 cm³/mol. The maximum absolute atomic E-state index is 10.3. The molecule has 2 nitrogen and oxygen atoms in total. The van der Waals surface area contributed by atoms with Crippen molar-refractivity contribution in [3.05, 3.63) is 12.1 Å². The maximum Gasteiger partial charge on any atom is 0.240 e. The van der Waals surface area contributed by atoms with E-state index in [1.807, 2.05) is 30.9 Å². The quantitative estimate of drug-likeness (QED) is 0.466. The molecule has 0 saturated heterocycles. The third-order valence-corrected chi connectivity index (χ3v) is 4.54. The Bertz CT molecular complexity index is 400. The summed E-state index contributed by atoms with van der Waals surface area (Å²) in [5.41, 5.74) is 0.708. The molecule has 80 valence electrons. The van der Waals surface area contributed by atoms with Gasteiger partial charge in [-0.2, -0.15) is 4.99 Å². The fourth-order valence-electron chi connectivity index (χ4n) is 1.22. The monoisotopic (exact) mass is 257 g/mol. The van der Waals surface area contributed by atoms with Gasteiger partial charge in [0, 0.05) is 14.7 Å². The van der Waals surface area contributed by atoms with E-state index in [9.17, 15) is 4.79 Å². The Morgan fingerprint density at radius 2 is 1.73 bits per heavy atom. The van der Waals surface area contributed by atoms with E-state index in [-0.39, 0.29) is 0 Å². The topological polar surface area (TPSA) is 29.4 Å². The molecule has 5 heteroatoms. The van der Waals surface area contributed by atoms with Gasteiger partial charge in [0.2, 0.25) is 6.08 Å². The summed E-state index contributed by atoms with van der Waals surface area (Å²) in [4.78, 5) is 17.5. The Morgan fingerprint density at radius 1 is 1.07 bits per heavy atom. The van der Waals surface area contributed by atoms with Gasteiger partial charge in [-0.1, -0.05) is 0 Å². The second-order valence-electron chi connectivity index (χ2n) is 2.56. The van der Waals surface area contributed by atoms with E-state index in [0.717, 1.165) is 4.90 Å². The molecule has 0 heterocycles. The largest absolute Gasteiger partial charge is 0.240 e. The maximum atomic E-state index is 10.3. The Kier molecular flexibility index (Phi) is 5.32. The lowest BCUT2D eigenvalue weighted by molar-refractivity contribution is 0.565. The smallest absolute Gasteiger partial charge is 0.211 e. The lowest BCUT2D eigenvalue weighted by Gasteiger charge is -2.11. The summed E-state index contributed by atoms with van der Waals surface area (Å²) in [7, 11) is 0. The van der Waals surface area contributed by atoms with Gasteiger partial charge in [0.05, 0.1) is 5.69 Å². The van der Waals surface area contributed by atoms with Crippen molar-refractivity contribution in [1.29, 1.82) is 0 Å². The van der Waals surface area contributed by atoms with E-state index in [1.54, 1.807) is 41.4 Å². The number of hydrogen-bond donors (Lipinski definition) is 0. The van der Waals surface area contributed by atoms with Gasteiger partial charge in [0.15, 0.2) is 0 Å². The first-order valence-electron chi connectivity index (χ1n) is 4.15. The SMILES string of the molecule is CSc1ccc(N=C=O)c(SC)c1SC. The van der Waals surface area contributed by atoms with Crippen molar-refractivity contribution in [2.24, 2.45) is 4.99 Å². The van der Waals surface area contributed by atoms with Crippen LogP contribution < -0.4 is 0 Å². The Labute approximate surface area is 102 Å². The molecule has 0 amide bonds. The van der Waals surface area contributed by atoms with Crippen LogP contribution in [0.3, 0.4) is 0 Å². The fraction of sp³-hybridized carbons (Fsp3) is 0.300. The van der Waals surface area contributed by atoms with Crippen LogP contribution in [0.2, 0.25) is 0 Å². The number of hydrogen-bond acceptors (Lipinski definition) is 5. The molecule has 1 rings (SSSR count). The van der Waals surface area contributed by atoms with Crippen molar-refractivity contribution in [3.8, 4) is 0 Å². The third kappa shape index (κ3) is 2.82. The second-order valence-corrected chi connectivity index (χ2v) is 5.04. The highest BCUT2D eigenvalue weighted by Crippen LogP contribution is 2.41. The summed E-state index contributed by atoms with van der Waals surface area (Å²) in [5, 5.41) is 0. The number of thioether (sulfide) groups is 3. The molecule has 0 saturated carbocycles. The first kappa shape index (κ1) is 12.7.